The topological polar surface area (TPSA) is 108 Å². The molecule has 1 saturated carbocycles. The Hall–Kier alpha value is -3.00. The number of anilines is 1. The lowest BCUT2D eigenvalue weighted by molar-refractivity contribution is -0.121. The average Bonchev–Trinajstić information content (AvgIpc) is 3.18. The number of nitrogens with zero attached hydrogens (tertiary/aromatic N) is 4. The van der Waals surface area contributed by atoms with E-state index in [1.54, 1.807) is 29.3 Å². The summed E-state index contributed by atoms with van der Waals surface area (Å²) in [5, 5.41) is 13.7. The second-order valence-corrected chi connectivity index (χ2v) is 7.30. The van der Waals surface area contributed by atoms with Gasteiger partial charge in [0.25, 0.3) is 5.56 Å². The molecule has 8 nitrogen and oxygen atoms in total. The molecule has 2 fully saturated rings. The molecule has 4 heterocycles. The van der Waals surface area contributed by atoms with Crippen LogP contribution >= 0.6 is 11.6 Å². The summed E-state index contributed by atoms with van der Waals surface area (Å²) in [6, 6.07) is 7.17. The van der Waals surface area contributed by atoms with Gasteiger partial charge in [0.15, 0.2) is 5.82 Å². The number of aromatic nitrogens is 5. The number of carbonyl (C=O) groups excluding carboxylic acids is 1. The molecule has 5 rings (SSSR count). The van der Waals surface area contributed by atoms with Crippen LogP contribution in [-0.4, -0.2) is 37.3 Å². The van der Waals surface area contributed by atoms with Crippen LogP contribution in [0, 0.1) is 11.8 Å². The minimum atomic E-state index is -0.308. The first-order valence-corrected chi connectivity index (χ1v) is 9.02. The maximum atomic E-state index is 13.0. The summed E-state index contributed by atoms with van der Waals surface area (Å²) in [4.78, 5) is 30.7. The van der Waals surface area contributed by atoms with E-state index in [4.69, 9.17) is 11.6 Å². The summed E-state index contributed by atoms with van der Waals surface area (Å²) in [6.07, 6.45) is 4.83. The van der Waals surface area contributed by atoms with Gasteiger partial charge in [-0.25, -0.2) is 10.1 Å². The molecular weight excluding hydrogens is 368 g/mol. The number of carbonyl (C=O) groups is 1. The molecule has 136 valence electrons. The summed E-state index contributed by atoms with van der Waals surface area (Å²) in [5.41, 5.74) is 1.68. The van der Waals surface area contributed by atoms with Gasteiger partial charge in [-0.05, 0) is 36.5 Å². The van der Waals surface area contributed by atoms with Gasteiger partial charge in [-0.3, -0.25) is 19.6 Å². The molecule has 0 unspecified atom stereocenters. The Morgan fingerprint density at radius 1 is 1.22 bits per heavy atom. The number of rotatable bonds is 4. The predicted octanol–water partition coefficient (Wildman–Crippen LogP) is 1.80. The van der Waals surface area contributed by atoms with Crippen LogP contribution in [0.2, 0.25) is 5.15 Å². The zero-order chi connectivity index (χ0) is 18.5. The fraction of sp³-hybridized carbons (Fsp3) is 0.278. The highest BCUT2D eigenvalue weighted by atomic mass is 35.5. The van der Waals surface area contributed by atoms with Crippen LogP contribution in [0.5, 0.6) is 0 Å². The lowest BCUT2D eigenvalue weighted by Crippen LogP contribution is -2.32. The molecule has 3 atom stereocenters. The van der Waals surface area contributed by atoms with Crippen molar-refractivity contribution < 1.29 is 4.79 Å². The second-order valence-electron chi connectivity index (χ2n) is 6.91. The van der Waals surface area contributed by atoms with Gasteiger partial charge in [0.05, 0.1) is 11.3 Å². The van der Waals surface area contributed by atoms with Crippen LogP contribution in [0.3, 0.4) is 0 Å². The molecule has 0 radical (unpaired) electrons. The molecule has 27 heavy (non-hydrogen) atoms. The molecule has 1 aliphatic heterocycles. The smallest absolute Gasteiger partial charge is 0.273 e. The molecule has 3 aromatic heterocycles. The van der Waals surface area contributed by atoms with Gasteiger partial charge in [-0.1, -0.05) is 17.7 Å². The van der Waals surface area contributed by atoms with E-state index < -0.39 is 0 Å². The van der Waals surface area contributed by atoms with Gasteiger partial charge in [0.2, 0.25) is 5.91 Å². The third-order valence-corrected chi connectivity index (χ3v) is 5.50. The molecular formula is C18H15ClN6O2. The fourth-order valence-electron chi connectivity index (χ4n) is 3.89. The maximum absolute atomic E-state index is 13.0. The number of H-pyrrole nitrogens is 2. The van der Waals surface area contributed by atoms with Crippen molar-refractivity contribution in [1.82, 2.24) is 25.4 Å². The summed E-state index contributed by atoms with van der Waals surface area (Å²) in [6.45, 7) is 0. The van der Waals surface area contributed by atoms with Crippen molar-refractivity contribution in [2.75, 3.05) is 4.90 Å². The van der Waals surface area contributed by atoms with Crippen LogP contribution in [0.1, 0.15) is 12.0 Å². The average molecular weight is 383 g/mol. The minimum absolute atomic E-state index is 0.0629. The number of nitrogens with one attached hydrogen (secondary N) is 2. The van der Waals surface area contributed by atoms with E-state index in [1.807, 2.05) is 6.07 Å². The van der Waals surface area contributed by atoms with Gasteiger partial charge in [0.1, 0.15) is 5.15 Å². The molecule has 2 N–H and O–H groups in total. The quantitative estimate of drug-likeness (QED) is 0.669. The van der Waals surface area contributed by atoms with Crippen LogP contribution in [0.4, 0.5) is 5.82 Å². The van der Waals surface area contributed by atoms with Crippen molar-refractivity contribution in [2.24, 2.45) is 11.8 Å². The molecule has 0 spiro atoms. The van der Waals surface area contributed by atoms with Gasteiger partial charge in [-0.2, -0.15) is 10.2 Å². The molecule has 1 amide bonds. The lowest BCUT2D eigenvalue weighted by Gasteiger charge is -2.18. The molecule has 9 heteroatoms. The molecule has 2 aliphatic rings. The van der Waals surface area contributed by atoms with Crippen molar-refractivity contribution in [3.63, 3.8) is 0 Å². The Bertz CT molecular complexity index is 1080. The lowest BCUT2D eigenvalue weighted by atomic mass is 9.96. The first-order chi connectivity index (χ1) is 13.1. The molecule has 0 bridgehead atoms. The predicted molar refractivity (Wildman–Crippen MR) is 98.3 cm³/mol. The second kappa shape index (κ2) is 6.02. The SMILES string of the molecule is O=C1[C@H](Cc2ccc(Cl)nc2)[C@@H]2C[C@@H]2N1c1cc(-c2ccn[nH]c2=O)[nH]n1. The van der Waals surface area contributed by atoms with E-state index >= 15 is 0 Å². The number of hydrogen-bond donors (Lipinski definition) is 2. The molecule has 3 aromatic rings. The Kier molecular flexibility index (Phi) is 3.61. The number of fused-ring (bicyclic) bond motifs is 1. The molecule has 1 aliphatic carbocycles. The van der Waals surface area contributed by atoms with Crippen molar-refractivity contribution in [3.8, 4) is 11.3 Å². The fourth-order valence-corrected chi connectivity index (χ4v) is 4.00. The highest BCUT2D eigenvalue weighted by molar-refractivity contribution is 6.29. The zero-order valence-corrected chi connectivity index (χ0v) is 14.8. The van der Waals surface area contributed by atoms with Gasteiger partial charge >= 0.3 is 0 Å². The van der Waals surface area contributed by atoms with Crippen molar-refractivity contribution in [3.05, 3.63) is 57.7 Å². The number of aromatic amines is 2. The maximum Gasteiger partial charge on any atom is 0.273 e. The first-order valence-electron chi connectivity index (χ1n) is 8.65. The summed E-state index contributed by atoms with van der Waals surface area (Å²) in [5.74, 6) is 0.864. The molecule has 0 aromatic carbocycles. The normalized spacial score (nSPS) is 23.5. The Labute approximate surface area is 158 Å². The Morgan fingerprint density at radius 3 is 2.89 bits per heavy atom. The summed E-state index contributed by atoms with van der Waals surface area (Å²) in [7, 11) is 0. The van der Waals surface area contributed by atoms with E-state index in [9.17, 15) is 9.59 Å². The van der Waals surface area contributed by atoms with Crippen LogP contribution in [0.15, 0.2) is 41.5 Å². The van der Waals surface area contributed by atoms with Gasteiger partial charge in [0, 0.05) is 30.4 Å². The number of amides is 1. The Morgan fingerprint density at radius 2 is 2.11 bits per heavy atom. The van der Waals surface area contributed by atoms with Crippen molar-refractivity contribution in [1.29, 1.82) is 0 Å². The van der Waals surface area contributed by atoms with Gasteiger partial charge in [-0.15, -0.1) is 0 Å². The largest absolute Gasteiger partial charge is 0.292 e. The summed E-state index contributed by atoms with van der Waals surface area (Å²) >= 11 is 5.83. The number of halogens is 1. The van der Waals surface area contributed by atoms with Crippen molar-refractivity contribution >= 4 is 23.3 Å². The molecule has 1 saturated heterocycles. The Balaban J connectivity index is 1.39. The summed E-state index contributed by atoms with van der Waals surface area (Å²) < 4.78 is 0. The standard InChI is InChI=1S/C18H15ClN6O2/c19-15-2-1-9(8-20-15)5-12-11-6-14(11)25(18(12)27)16-7-13(22-23-16)10-3-4-21-24-17(10)26/h1-4,7-8,11-12,14H,5-6H2,(H,22,23)(H,24,26)/t11-,12+,14-/m0/s1. The van der Waals surface area contributed by atoms with Crippen LogP contribution < -0.4 is 10.5 Å². The van der Waals surface area contributed by atoms with Crippen LogP contribution in [-0.2, 0) is 11.2 Å². The van der Waals surface area contributed by atoms with Crippen LogP contribution in [0.25, 0.3) is 11.3 Å². The number of pyridine rings is 1. The van der Waals surface area contributed by atoms with E-state index in [1.165, 1.54) is 6.20 Å². The van der Waals surface area contributed by atoms with E-state index in [0.29, 0.717) is 34.6 Å². The number of piperidine rings is 1. The first kappa shape index (κ1) is 16.2. The zero-order valence-electron chi connectivity index (χ0n) is 14.1. The van der Waals surface area contributed by atoms with E-state index in [2.05, 4.69) is 25.4 Å². The third kappa shape index (κ3) is 2.73. The van der Waals surface area contributed by atoms with Crippen molar-refractivity contribution in [2.45, 2.75) is 18.9 Å². The third-order valence-electron chi connectivity index (χ3n) is 5.28. The van der Waals surface area contributed by atoms with E-state index in [0.717, 1.165) is 12.0 Å². The van der Waals surface area contributed by atoms with E-state index in [-0.39, 0.29) is 23.4 Å². The minimum Gasteiger partial charge on any atom is -0.292 e. The monoisotopic (exact) mass is 382 g/mol. The van der Waals surface area contributed by atoms with Gasteiger partial charge < -0.3 is 0 Å². The highest BCUT2D eigenvalue weighted by Gasteiger charge is 2.59. The number of hydrogen-bond acceptors (Lipinski definition) is 5. The highest BCUT2D eigenvalue weighted by Crippen LogP contribution is 2.51.